The van der Waals surface area contributed by atoms with Crippen LogP contribution in [0.3, 0.4) is 0 Å². The van der Waals surface area contributed by atoms with Crippen LogP contribution < -0.4 is 5.32 Å². The fourth-order valence-electron chi connectivity index (χ4n) is 2.74. The number of hydrogen-bond acceptors (Lipinski definition) is 5. The molecule has 0 fully saturated rings. The van der Waals surface area contributed by atoms with Crippen LogP contribution >= 0.6 is 34.4 Å². The van der Waals surface area contributed by atoms with Gasteiger partial charge in [-0.2, -0.15) is 0 Å². The summed E-state index contributed by atoms with van der Waals surface area (Å²) in [6, 6.07) is 19.7. The van der Waals surface area contributed by atoms with Crippen LogP contribution in [-0.2, 0) is 5.75 Å². The van der Waals surface area contributed by atoms with E-state index in [4.69, 9.17) is 0 Å². The van der Waals surface area contributed by atoms with Gasteiger partial charge in [0.25, 0.3) is 5.91 Å². The zero-order valence-electron chi connectivity index (χ0n) is 15.2. The summed E-state index contributed by atoms with van der Waals surface area (Å²) < 4.78 is 0. The number of thiazole rings is 1. The van der Waals surface area contributed by atoms with Gasteiger partial charge in [0.05, 0.1) is 16.3 Å². The minimum atomic E-state index is -0.0912. The number of rotatable bonds is 6. The third-order valence-corrected chi connectivity index (χ3v) is 7.09. The lowest BCUT2D eigenvalue weighted by Gasteiger charge is -2.10. The van der Waals surface area contributed by atoms with Crippen molar-refractivity contribution >= 4 is 46.0 Å². The Morgan fingerprint density at radius 2 is 1.86 bits per heavy atom. The largest absolute Gasteiger partial charge is 0.322 e. The Morgan fingerprint density at radius 1 is 1.04 bits per heavy atom. The molecule has 2 heterocycles. The Morgan fingerprint density at radius 3 is 2.57 bits per heavy atom. The Bertz CT molecular complexity index is 1070. The van der Waals surface area contributed by atoms with Crippen molar-refractivity contribution in [2.75, 3.05) is 5.32 Å². The van der Waals surface area contributed by atoms with Gasteiger partial charge in [-0.15, -0.1) is 34.4 Å². The highest BCUT2D eigenvalue weighted by atomic mass is 32.2. The molecule has 0 atom stereocenters. The smallest absolute Gasteiger partial charge is 0.256 e. The summed E-state index contributed by atoms with van der Waals surface area (Å²) in [5.41, 5.74) is 3.49. The van der Waals surface area contributed by atoms with Crippen LogP contribution in [-0.4, -0.2) is 10.9 Å². The van der Waals surface area contributed by atoms with Crippen molar-refractivity contribution in [2.45, 2.75) is 17.6 Å². The van der Waals surface area contributed by atoms with Crippen LogP contribution in [0, 0.1) is 6.92 Å². The summed E-state index contributed by atoms with van der Waals surface area (Å²) >= 11 is 5.06. The molecule has 0 aliphatic rings. The molecule has 140 valence electrons. The van der Waals surface area contributed by atoms with Gasteiger partial charge in [-0.3, -0.25) is 4.79 Å². The standard InChI is InChI=1S/C22H18N2OS3/c1-15-23-20(14-27-15)16-8-10-17(11-9-16)24-22(25)19-6-2-3-7-21(19)28-13-18-5-4-12-26-18/h2-12,14H,13H2,1H3,(H,24,25). The molecule has 4 aromatic rings. The second kappa shape index (κ2) is 8.73. The van der Waals surface area contributed by atoms with Crippen molar-refractivity contribution < 1.29 is 4.79 Å². The molecule has 28 heavy (non-hydrogen) atoms. The second-order valence-corrected chi connectivity index (χ2v) is 9.26. The maximum atomic E-state index is 12.8. The third kappa shape index (κ3) is 4.52. The third-order valence-electron chi connectivity index (χ3n) is 4.14. The van der Waals surface area contributed by atoms with E-state index in [1.54, 1.807) is 34.4 Å². The quantitative estimate of drug-likeness (QED) is 0.351. The average molecular weight is 423 g/mol. The van der Waals surface area contributed by atoms with Gasteiger partial charge in [0.2, 0.25) is 0 Å². The summed E-state index contributed by atoms with van der Waals surface area (Å²) in [6.07, 6.45) is 0. The molecule has 0 bridgehead atoms. The summed E-state index contributed by atoms with van der Waals surface area (Å²) in [5, 5.41) is 8.17. The molecular formula is C22H18N2OS3. The average Bonchev–Trinajstić information content (AvgIpc) is 3.39. The highest BCUT2D eigenvalue weighted by Gasteiger charge is 2.12. The van der Waals surface area contributed by atoms with Crippen molar-refractivity contribution in [1.29, 1.82) is 0 Å². The lowest BCUT2D eigenvalue weighted by molar-refractivity contribution is 0.102. The number of nitrogens with zero attached hydrogens (tertiary/aromatic N) is 1. The topological polar surface area (TPSA) is 42.0 Å². The monoisotopic (exact) mass is 422 g/mol. The second-order valence-electron chi connectivity index (χ2n) is 6.15. The van der Waals surface area contributed by atoms with Crippen LogP contribution in [0.1, 0.15) is 20.2 Å². The number of nitrogens with one attached hydrogen (secondary N) is 1. The summed E-state index contributed by atoms with van der Waals surface area (Å²) in [6.45, 7) is 2.00. The van der Waals surface area contributed by atoms with Crippen molar-refractivity contribution in [3.05, 3.63) is 86.9 Å². The summed E-state index contributed by atoms with van der Waals surface area (Å²) in [7, 11) is 0. The molecule has 0 aliphatic carbocycles. The molecule has 1 N–H and O–H groups in total. The molecule has 0 saturated carbocycles. The van der Waals surface area contributed by atoms with E-state index in [9.17, 15) is 4.79 Å². The van der Waals surface area contributed by atoms with Gasteiger partial charge < -0.3 is 5.32 Å². The van der Waals surface area contributed by atoms with Crippen LogP contribution in [0.25, 0.3) is 11.3 Å². The van der Waals surface area contributed by atoms with Crippen molar-refractivity contribution in [2.24, 2.45) is 0 Å². The molecule has 2 aromatic carbocycles. The Labute approximate surface area is 176 Å². The molecule has 6 heteroatoms. The first-order valence-electron chi connectivity index (χ1n) is 8.77. The van der Waals surface area contributed by atoms with E-state index in [1.165, 1.54) is 4.88 Å². The molecular weight excluding hydrogens is 404 g/mol. The van der Waals surface area contributed by atoms with Crippen molar-refractivity contribution in [1.82, 2.24) is 4.98 Å². The number of thiophene rings is 1. The van der Waals surface area contributed by atoms with E-state index in [0.717, 1.165) is 32.6 Å². The highest BCUT2D eigenvalue weighted by molar-refractivity contribution is 7.98. The van der Waals surface area contributed by atoms with Gasteiger partial charge in [-0.1, -0.05) is 30.3 Å². The normalized spacial score (nSPS) is 10.8. The molecule has 3 nitrogen and oxygen atoms in total. The SMILES string of the molecule is Cc1nc(-c2ccc(NC(=O)c3ccccc3SCc3cccs3)cc2)cs1. The molecule has 0 radical (unpaired) electrons. The molecule has 0 aliphatic heterocycles. The minimum absolute atomic E-state index is 0.0912. The van der Waals surface area contributed by atoms with E-state index >= 15 is 0 Å². The Hall–Kier alpha value is -2.41. The summed E-state index contributed by atoms with van der Waals surface area (Å²) in [5.74, 6) is 0.774. The van der Waals surface area contributed by atoms with Crippen molar-refractivity contribution in [3.8, 4) is 11.3 Å². The molecule has 0 unspecified atom stereocenters. The Balaban J connectivity index is 1.46. The minimum Gasteiger partial charge on any atom is -0.322 e. The number of hydrogen-bond donors (Lipinski definition) is 1. The number of carbonyl (C=O) groups is 1. The zero-order chi connectivity index (χ0) is 19.3. The van der Waals surface area contributed by atoms with E-state index in [1.807, 2.05) is 60.8 Å². The number of benzene rings is 2. The first-order chi connectivity index (χ1) is 13.7. The highest BCUT2D eigenvalue weighted by Crippen LogP contribution is 2.29. The maximum absolute atomic E-state index is 12.8. The van der Waals surface area contributed by atoms with E-state index in [2.05, 4.69) is 27.8 Å². The lowest BCUT2D eigenvalue weighted by atomic mass is 10.1. The number of thioether (sulfide) groups is 1. The predicted molar refractivity (Wildman–Crippen MR) is 121 cm³/mol. The van der Waals surface area contributed by atoms with Gasteiger partial charge in [-0.25, -0.2) is 4.98 Å². The van der Waals surface area contributed by atoms with Crippen LogP contribution in [0.15, 0.2) is 76.3 Å². The lowest BCUT2D eigenvalue weighted by Crippen LogP contribution is -2.12. The van der Waals surface area contributed by atoms with E-state index < -0.39 is 0 Å². The molecule has 0 saturated heterocycles. The first kappa shape index (κ1) is 18.9. The fourth-order valence-corrected chi connectivity index (χ4v) is 5.19. The molecule has 1 amide bonds. The summed E-state index contributed by atoms with van der Waals surface area (Å²) in [4.78, 5) is 19.6. The molecule has 4 rings (SSSR count). The predicted octanol–water partition coefficient (Wildman–Crippen LogP) is 6.72. The van der Waals surface area contributed by atoms with Crippen LogP contribution in [0.5, 0.6) is 0 Å². The number of amides is 1. The van der Waals surface area contributed by atoms with Gasteiger partial charge in [0.1, 0.15) is 0 Å². The molecule has 2 aromatic heterocycles. The first-order valence-corrected chi connectivity index (χ1v) is 11.5. The van der Waals surface area contributed by atoms with Gasteiger partial charge >= 0.3 is 0 Å². The number of aryl methyl sites for hydroxylation is 1. The number of anilines is 1. The maximum Gasteiger partial charge on any atom is 0.256 e. The van der Waals surface area contributed by atoms with E-state index in [0.29, 0.717) is 5.56 Å². The number of aromatic nitrogens is 1. The van der Waals surface area contributed by atoms with Crippen molar-refractivity contribution in [3.63, 3.8) is 0 Å². The van der Waals surface area contributed by atoms with Crippen LogP contribution in [0.4, 0.5) is 5.69 Å². The van der Waals surface area contributed by atoms with Gasteiger partial charge in [0.15, 0.2) is 0 Å². The molecule has 0 spiro atoms. The van der Waals surface area contributed by atoms with Gasteiger partial charge in [0, 0.05) is 32.2 Å². The van der Waals surface area contributed by atoms with Gasteiger partial charge in [-0.05, 0) is 42.6 Å². The van der Waals surface area contributed by atoms with Crippen LogP contribution in [0.2, 0.25) is 0 Å². The number of carbonyl (C=O) groups excluding carboxylic acids is 1. The Kier molecular flexibility index (Phi) is 5.90. The zero-order valence-corrected chi connectivity index (χ0v) is 17.7. The van der Waals surface area contributed by atoms with E-state index in [-0.39, 0.29) is 5.91 Å². The fraction of sp³-hybridized carbons (Fsp3) is 0.0909.